The number of piperidine rings is 1. The molecule has 4 N–H and O–H groups in total. The maximum absolute atomic E-state index is 13.0. The number of amides is 2. The van der Waals surface area contributed by atoms with Crippen LogP contribution in [-0.4, -0.2) is 58.7 Å². The summed E-state index contributed by atoms with van der Waals surface area (Å²) in [6, 6.07) is 3.55. The van der Waals surface area contributed by atoms with Crippen molar-refractivity contribution in [2.75, 3.05) is 24.5 Å². The molecule has 2 amide bonds. The number of thiazole rings is 2. The van der Waals surface area contributed by atoms with Gasteiger partial charge in [0.25, 0.3) is 0 Å². The van der Waals surface area contributed by atoms with E-state index in [0.717, 1.165) is 26.3 Å². The van der Waals surface area contributed by atoms with Gasteiger partial charge in [-0.2, -0.15) is 0 Å². The molecule has 2 aliphatic heterocycles. The second kappa shape index (κ2) is 9.60. The lowest BCUT2D eigenvalue weighted by atomic mass is 9.68. The lowest BCUT2D eigenvalue weighted by Gasteiger charge is -2.52. The van der Waals surface area contributed by atoms with E-state index in [9.17, 15) is 14.7 Å². The Morgan fingerprint density at radius 1 is 1.31 bits per heavy atom. The first-order chi connectivity index (χ1) is 17.4. The number of carboxylic acids is 1. The molecule has 2 aliphatic rings. The van der Waals surface area contributed by atoms with Gasteiger partial charge in [-0.25, -0.2) is 14.8 Å². The molecular formula is C24H27N7O3S2. The Hall–Kier alpha value is -3.35. The fourth-order valence-electron chi connectivity index (χ4n) is 5.01. The molecule has 0 spiro atoms. The van der Waals surface area contributed by atoms with Gasteiger partial charge in [0.2, 0.25) is 5.79 Å². The number of benzene rings is 1. The van der Waals surface area contributed by atoms with E-state index in [1.165, 1.54) is 11.3 Å². The monoisotopic (exact) mass is 525 g/mol. The Labute approximate surface area is 216 Å². The highest BCUT2D eigenvalue weighted by Gasteiger charge is 2.57. The van der Waals surface area contributed by atoms with Crippen LogP contribution >= 0.6 is 22.7 Å². The van der Waals surface area contributed by atoms with Crippen LogP contribution < -0.4 is 20.9 Å². The van der Waals surface area contributed by atoms with Crippen LogP contribution in [0.25, 0.3) is 20.7 Å². The van der Waals surface area contributed by atoms with Crippen LogP contribution in [0.5, 0.6) is 0 Å². The van der Waals surface area contributed by atoms with E-state index in [-0.39, 0.29) is 0 Å². The van der Waals surface area contributed by atoms with Crippen molar-refractivity contribution in [2.24, 2.45) is 16.3 Å². The number of nitrogens with one attached hydrogen (secondary N) is 3. The average Bonchev–Trinajstić information content (AvgIpc) is 3.56. The summed E-state index contributed by atoms with van der Waals surface area (Å²) < 4.78 is 1.03. The third kappa shape index (κ3) is 4.04. The number of carboxylic acid groups (broad SMARTS) is 1. The summed E-state index contributed by atoms with van der Waals surface area (Å²) >= 11 is 3.08. The van der Waals surface area contributed by atoms with Gasteiger partial charge in [-0.15, -0.1) is 22.7 Å². The number of aromatic nitrogens is 2. The van der Waals surface area contributed by atoms with Crippen LogP contribution in [0.1, 0.15) is 20.3 Å². The average molecular weight is 526 g/mol. The van der Waals surface area contributed by atoms with Gasteiger partial charge < -0.3 is 20.6 Å². The number of aliphatic imine (C=N–C) groups is 1. The molecule has 12 heteroatoms. The standard InChI is InChI=1S/C24H27N7O3S2/c1-3-27-22(34)30-24(19-12-25-7-5-23(19,2)21(32)33)29-6-4-8-31(24)15-9-16(18-11-26-13-35-18)20-17(10-15)28-14-36-20/h4,6,8-11,13-14,19,25H,3,5,7,12H2,1-2H3,(H,32,33)(H2,27,30,34). The first-order valence-corrected chi connectivity index (χ1v) is 13.4. The highest BCUT2D eigenvalue weighted by atomic mass is 32.1. The molecule has 0 saturated carbocycles. The van der Waals surface area contributed by atoms with Crippen molar-refractivity contribution in [3.8, 4) is 10.4 Å². The summed E-state index contributed by atoms with van der Waals surface area (Å²) in [5, 5.41) is 19.5. The number of hydrogen-bond acceptors (Lipinski definition) is 9. The van der Waals surface area contributed by atoms with Crippen LogP contribution in [0, 0.1) is 11.3 Å². The van der Waals surface area contributed by atoms with Gasteiger partial charge in [0.1, 0.15) is 0 Å². The van der Waals surface area contributed by atoms with Crippen molar-refractivity contribution in [1.29, 1.82) is 0 Å². The zero-order valence-electron chi connectivity index (χ0n) is 19.9. The van der Waals surface area contributed by atoms with E-state index >= 15 is 0 Å². The number of nitrogens with zero attached hydrogens (tertiary/aromatic N) is 4. The molecular weight excluding hydrogens is 498 g/mol. The normalized spacial score (nSPS) is 25.7. The maximum Gasteiger partial charge on any atom is 0.318 e. The van der Waals surface area contributed by atoms with Crippen molar-refractivity contribution in [3.63, 3.8) is 0 Å². The quantitative estimate of drug-likeness (QED) is 0.387. The lowest BCUT2D eigenvalue weighted by Crippen LogP contribution is -2.71. The Morgan fingerprint density at radius 2 is 2.17 bits per heavy atom. The van der Waals surface area contributed by atoms with Crippen molar-refractivity contribution < 1.29 is 14.7 Å². The van der Waals surface area contributed by atoms with E-state index in [1.807, 2.05) is 36.4 Å². The van der Waals surface area contributed by atoms with Crippen molar-refractivity contribution in [1.82, 2.24) is 25.9 Å². The fourth-order valence-corrected chi connectivity index (χ4v) is 6.52. The van der Waals surface area contributed by atoms with E-state index in [1.54, 1.807) is 41.6 Å². The summed E-state index contributed by atoms with van der Waals surface area (Å²) in [6.45, 7) is 4.91. The number of carbonyl (C=O) groups excluding carboxylic acids is 1. The van der Waals surface area contributed by atoms with Crippen LogP contribution in [0.15, 0.2) is 46.6 Å². The van der Waals surface area contributed by atoms with Gasteiger partial charge >= 0.3 is 12.0 Å². The number of aliphatic carboxylic acids is 1. The summed E-state index contributed by atoms with van der Waals surface area (Å²) in [7, 11) is 0. The minimum atomic E-state index is -1.40. The SMILES string of the molecule is CCNC(=O)NC1(C2CNCCC2(C)C(=O)O)N=CC=CN1c1cc(-c2cncs2)c2scnc2c1. The van der Waals surface area contributed by atoms with Gasteiger partial charge in [0.05, 0.1) is 37.4 Å². The Balaban J connectivity index is 1.71. The lowest BCUT2D eigenvalue weighted by molar-refractivity contribution is -0.155. The number of rotatable bonds is 6. The minimum absolute atomic E-state index is 0.359. The summed E-state index contributed by atoms with van der Waals surface area (Å²) in [6.07, 6.45) is 7.45. The Bertz CT molecular complexity index is 1340. The molecule has 1 saturated heterocycles. The Kier molecular flexibility index (Phi) is 6.49. The third-order valence-electron chi connectivity index (χ3n) is 6.90. The minimum Gasteiger partial charge on any atom is -0.481 e. The molecule has 36 heavy (non-hydrogen) atoms. The molecule has 1 aromatic carbocycles. The number of allylic oxidation sites excluding steroid dienone is 1. The van der Waals surface area contributed by atoms with Crippen LogP contribution in [0.2, 0.25) is 0 Å². The highest BCUT2D eigenvalue weighted by Crippen LogP contribution is 2.46. The van der Waals surface area contributed by atoms with Crippen LogP contribution in [0.3, 0.4) is 0 Å². The molecule has 1 fully saturated rings. The molecule has 3 aromatic rings. The largest absolute Gasteiger partial charge is 0.481 e. The van der Waals surface area contributed by atoms with Crippen molar-refractivity contribution in [3.05, 3.63) is 41.6 Å². The summed E-state index contributed by atoms with van der Waals surface area (Å²) in [4.78, 5) is 42.1. The second-order valence-corrected chi connectivity index (χ2v) is 10.7. The number of carbonyl (C=O) groups is 2. The molecule has 188 valence electrons. The van der Waals surface area contributed by atoms with Crippen LogP contribution in [-0.2, 0) is 4.79 Å². The van der Waals surface area contributed by atoms with Crippen LogP contribution in [0.4, 0.5) is 10.5 Å². The predicted octanol–water partition coefficient (Wildman–Crippen LogP) is 3.50. The fraction of sp³-hybridized carbons (Fsp3) is 0.375. The summed E-state index contributed by atoms with van der Waals surface area (Å²) in [5.41, 5.74) is 4.96. The third-order valence-corrected chi connectivity index (χ3v) is 8.58. The number of anilines is 1. The second-order valence-electron chi connectivity index (χ2n) is 8.99. The van der Waals surface area contributed by atoms with E-state index in [2.05, 4.69) is 25.9 Å². The molecule has 3 unspecified atom stereocenters. The maximum atomic E-state index is 13.0. The van der Waals surface area contributed by atoms with Gasteiger partial charge in [0.15, 0.2) is 0 Å². The van der Waals surface area contributed by atoms with E-state index in [0.29, 0.717) is 26.1 Å². The van der Waals surface area contributed by atoms with Crippen molar-refractivity contribution in [2.45, 2.75) is 26.1 Å². The number of urea groups is 1. The zero-order chi connectivity index (χ0) is 25.3. The summed E-state index contributed by atoms with van der Waals surface area (Å²) in [5.74, 6) is -2.92. The van der Waals surface area contributed by atoms with Gasteiger partial charge in [-0.3, -0.25) is 15.1 Å². The van der Waals surface area contributed by atoms with Gasteiger partial charge in [-0.1, -0.05) is 0 Å². The molecule has 2 aromatic heterocycles. The highest BCUT2D eigenvalue weighted by molar-refractivity contribution is 7.18. The molecule has 10 nitrogen and oxygen atoms in total. The molecule has 4 heterocycles. The molecule has 5 rings (SSSR count). The number of fused-ring (bicyclic) bond motifs is 1. The molecule has 0 bridgehead atoms. The first-order valence-electron chi connectivity index (χ1n) is 11.7. The molecule has 0 aliphatic carbocycles. The van der Waals surface area contributed by atoms with Gasteiger partial charge in [0, 0.05) is 43.0 Å². The smallest absolute Gasteiger partial charge is 0.318 e. The first kappa shape index (κ1) is 24.3. The van der Waals surface area contributed by atoms with Crippen molar-refractivity contribution >= 4 is 56.8 Å². The Morgan fingerprint density at radius 3 is 2.92 bits per heavy atom. The molecule has 3 atom stereocenters. The van der Waals surface area contributed by atoms with E-state index < -0.39 is 29.1 Å². The molecule has 0 radical (unpaired) electrons. The van der Waals surface area contributed by atoms with E-state index in [4.69, 9.17) is 4.99 Å². The topological polar surface area (TPSA) is 132 Å². The predicted molar refractivity (Wildman–Crippen MR) is 142 cm³/mol. The number of hydrogen-bond donors (Lipinski definition) is 4. The van der Waals surface area contributed by atoms with Gasteiger partial charge in [-0.05, 0) is 45.0 Å². The zero-order valence-corrected chi connectivity index (χ0v) is 21.5.